The van der Waals surface area contributed by atoms with Gasteiger partial charge in [-0.1, -0.05) is 22.9 Å². The van der Waals surface area contributed by atoms with Crippen molar-refractivity contribution in [3.05, 3.63) is 33.8 Å². The smallest absolute Gasteiger partial charge is 0.336 e. The molecule has 1 aromatic carbocycles. The molecular formula is C14H15BrF3NO. The van der Waals surface area contributed by atoms with Gasteiger partial charge in [-0.15, -0.1) is 0 Å². The van der Waals surface area contributed by atoms with Crippen LogP contribution >= 0.6 is 15.9 Å². The molecule has 110 valence electrons. The zero-order chi connectivity index (χ0) is 14.9. The van der Waals surface area contributed by atoms with Crippen LogP contribution in [-0.4, -0.2) is 23.4 Å². The molecule has 1 amide bonds. The van der Waals surface area contributed by atoms with Gasteiger partial charge >= 0.3 is 6.18 Å². The molecule has 0 unspecified atom stereocenters. The van der Waals surface area contributed by atoms with Gasteiger partial charge in [0.1, 0.15) is 0 Å². The number of alkyl halides is 3. The molecule has 0 spiro atoms. The molecule has 1 aromatic rings. The molecule has 1 fully saturated rings. The summed E-state index contributed by atoms with van der Waals surface area (Å²) >= 11 is 3.02. The van der Waals surface area contributed by atoms with Crippen molar-refractivity contribution in [3.8, 4) is 0 Å². The summed E-state index contributed by atoms with van der Waals surface area (Å²) in [5, 5.41) is 0. The Balaban J connectivity index is 2.38. The van der Waals surface area contributed by atoms with Crippen LogP contribution in [-0.2, 0) is 6.18 Å². The number of nitrogens with zero attached hydrogens (tertiary/aromatic N) is 1. The van der Waals surface area contributed by atoms with E-state index in [4.69, 9.17) is 0 Å². The molecule has 0 heterocycles. The van der Waals surface area contributed by atoms with E-state index in [9.17, 15) is 18.0 Å². The average molecular weight is 350 g/mol. The average Bonchev–Trinajstić information content (AvgIpc) is 3.18. The van der Waals surface area contributed by atoms with Gasteiger partial charge in [0.15, 0.2) is 0 Å². The van der Waals surface area contributed by atoms with Crippen molar-refractivity contribution in [3.63, 3.8) is 0 Å². The molecule has 0 bridgehead atoms. The highest BCUT2D eigenvalue weighted by Gasteiger charge is 2.39. The SMILES string of the molecule is CCCN(C(=O)c1ccc(Br)cc1C(F)(F)F)C1CC1. The third kappa shape index (κ3) is 3.34. The largest absolute Gasteiger partial charge is 0.417 e. The quantitative estimate of drug-likeness (QED) is 0.784. The maximum absolute atomic E-state index is 13.1. The van der Waals surface area contributed by atoms with E-state index in [1.807, 2.05) is 6.92 Å². The molecule has 6 heteroatoms. The summed E-state index contributed by atoms with van der Waals surface area (Å²) in [6, 6.07) is 3.79. The predicted octanol–water partition coefficient (Wildman–Crippen LogP) is 4.48. The zero-order valence-corrected chi connectivity index (χ0v) is 12.6. The molecule has 2 nitrogen and oxygen atoms in total. The minimum absolute atomic E-state index is 0.104. The number of carbonyl (C=O) groups is 1. The maximum atomic E-state index is 13.1. The second-order valence-corrected chi connectivity index (χ2v) is 5.83. The monoisotopic (exact) mass is 349 g/mol. The molecule has 2 rings (SSSR count). The van der Waals surface area contributed by atoms with Crippen molar-refractivity contribution in [1.82, 2.24) is 4.90 Å². The summed E-state index contributed by atoms with van der Waals surface area (Å²) in [5.41, 5.74) is -1.14. The van der Waals surface area contributed by atoms with Gasteiger partial charge in [0.2, 0.25) is 0 Å². The Morgan fingerprint density at radius 1 is 1.40 bits per heavy atom. The van der Waals surface area contributed by atoms with E-state index in [0.717, 1.165) is 25.3 Å². The minimum atomic E-state index is -4.53. The van der Waals surface area contributed by atoms with Gasteiger partial charge < -0.3 is 4.90 Å². The van der Waals surface area contributed by atoms with Crippen molar-refractivity contribution in [2.75, 3.05) is 6.54 Å². The van der Waals surface area contributed by atoms with Crippen LogP contribution in [0.2, 0.25) is 0 Å². The number of amides is 1. The van der Waals surface area contributed by atoms with Crippen molar-refractivity contribution in [2.45, 2.75) is 38.4 Å². The van der Waals surface area contributed by atoms with Gasteiger partial charge in [-0.25, -0.2) is 0 Å². The van der Waals surface area contributed by atoms with Gasteiger partial charge in [-0.05, 0) is 37.5 Å². The molecule has 0 atom stereocenters. The Morgan fingerprint density at radius 2 is 2.05 bits per heavy atom. The highest BCUT2D eigenvalue weighted by molar-refractivity contribution is 9.10. The van der Waals surface area contributed by atoms with E-state index < -0.39 is 17.6 Å². The number of hydrogen-bond acceptors (Lipinski definition) is 1. The van der Waals surface area contributed by atoms with Crippen molar-refractivity contribution in [2.24, 2.45) is 0 Å². The number of rotatable bonds is 4. The minimum Gasteiger partial charge on any atom is -0.336 e. The van der Waals surface area contributed by atoms with Crippen LogP contribution < -0.4 is 0 Å². The fourth-order valence-electron chi connectivity index (χ4n) is 2.17. The van der Waals surface area contributed by atoms with E-state index in [-0.39, 0.29) is 11.6 Å². The van der Waals surface area contributed by atoms with Crippen molar-refractivity contribution >= 4 is 21.8 Å². The molecular weight excluding hydrogens is 335 g/mol. The first-order valence-corrected chi connectivity index (χ1v) is 7.31. The maximum Gasteiger partial charge on any atom is 0.417 e. The van der Waals surface area contributed by atoms with Crippen LogP contribution in [0.1, 0.15) is 42.1 Å². The first kappa shape index (κ1) is 15.4. The molecule has 0 aromatic heterocycles. The number of carbonyl (C=O) groups excluding carboxylic acids is 1. The van der Waals surface area contributed by atoms with E-state index in [1.54, 1.807) is 4.90 Å². The van der Waals surface area contributed by atoms with Crippen LogP contribution in [0.15, 0.2) is 22.7 Å². The van der Waals surface area contributed by atoms with Crippen LogP contribution in [0.5, 0.6) is 0 Å². The van der Waals surface area contributed by atoms with Crippen molar-refractivity contribution in [1.29, 1.82) is 0 Å². The Morgan fingerprint density at radius 3 is 2.55 bits per heavy atom. The zero-order valence-electron chi connectivity index (χ0n) is 11.0. The second-order valence-electron chi connectivity index (χ2n) is 4.92. The van der Waals surface area contributed by atoms with Gasteiger partial charge in [0.05, 0.1) is 11.1 Å². The number of benzene rings is 1. The topological polar surface area (TPSA) is 20.3 Å². The van der Waals surface area contributed by atoms with Gasteiger partial charge in [0, 0.05) is 17.1 Å². The predicted molar refractivity (Wildman–Crippen MR) is 73.5 cm³/mol. The second kappa shape index (κ2) is 5.76. The third-order valence-corrected chi connectivity index (χ3v) is 3.72. The Bertz CT molecular complexity index is 512. The summed E-state index contributed by atoms with van der Waals surface area (Å²) in [4.78, 5) is 14.0. The summed E-state index contributed by atoms with van der Waals surface area (Å²) in [6.07, 6.45) is -2.04. The Kier molecular flexibility index (Phi) is 4.42. The van der Waals surface area contributed by atoms with Gasteiger partial charge in [-0.3, -0.25) is 4.79 Å². The molecule has 1 saturated carbocycles. The number of hydrogen-bond donors (Lipinski definition) is 0. The van der Waals surface area contributed by atoms with E-state index >= 15 is 0 Å². The molecule has 20 heavy (non-hydrogen) atoms. The summed E-state index contributed by atoms with van der Waals surface area (Å²) in [5.74, 6) is -0.519. The van der Waals surface area contributed by atoms with Gasteiger partial charge in [-0.2, -0.15) is 13.2 Å². The lowest BCUT2D eigenvalue weighted by Crippen LogP contribution is -2.35. The summed E-state index contributed by atoms with van der Waals surface area (Å²) < 4.78 is 39.5. The molecule has 1 aliphatic rings. The van der Waals surface area contributed by atoms with E-state index in [2.05, 4.69) is 15.9 Å². The fourth-order valence-corrected chi connectivity index (χ4v) is 2.53. The number of halogens is 4. The lowest BCUT2D eigenvalue weighted by molar-refractivity contribution is -0.138. The lowest BCUT2D eigenvalue weighted by atomic mass is 10.1. The Labute approximate surface area is 124 Å². The highest BCUT2D eigenvalue weighted by atomic mass is 79.9. The van der Waals surface area contributed by atoms with Crippen LogP contribution in [0.4, 0.5) is 13.2 Å². The first-order valence-electron chi connectivity index (χ1n) is 6.52. The summed E-state index contributed by atoms with van der Waals surface area (Å²) in [6.45, 7) is 2.41. The first-order chi connectivity index (χ1) is 9.34. The fraction of sp³-hybridized carbons (Fsp3) is 0.500. The highest BCUT2D eigenvalue weighted by Crippen LogP contribution is 2.36. The summed E-state index contributed by atoms with van der Waals surface area (Å²) in [7, 11) is 0. The normalized spacial score (nSPS) is 15.2. The standard InChI is InChI=1S/C14H15BrF3NO/c1-2-7-19(10-4-5-10)13(20)11-6-3-9(15)8-12(11)14(16,17)18/h3,6,8,10H,2,4-5,7H2,1H3. The van der Waals surface area contributed by atoms with Gasteiger partial charge in [0.25, 0.3) is 5.91 Å². The lowest BCUT2D eigenvalue weighted by Gasteiger charge is -2.23. The van der Waals surface area contributed by atoms with Crippen LogP contribution in [0.3, 0.4) is 0 Å². The van der Waals surface area contributed by atoms with E-state index in [1.165, 1.54) is 12.1 Å². The molecule has 0 aliphatic heterocycles. The molecule has 0 saturated heterocycles. The van der Waals surface area contributed by atoms with E-state index in [0.29, 0.717) is 11.0 Å². The molecule has 0 radical (unpaired) electrons. The molecule has 0 N–H and O–H groups in total. The Hall–Kier alpha value is -1.04. The third-order valence-electron chi connectivity index (χ3n) is 3.23. The van der Waals surface area contributed by atoms with Crippen LogP contribution in [0.25, 0.3) is 0 Å². The van der Waals surface area contributed by atoms with Crippen LogP contribution in [0, 0.1) is 0 Å². The molecule has 1 aliphatic carbocycles. The van der Waals surface area contributed by atoms with Crippen molar-refractivity contribution < 1.29 is 18.0 Å².